The number of aliphatic hydroxyl groups is 1. The molecule has 1 aliphatic rings. The van der Waals surface area contributed by atoms with Crippen molar-refractivity contribution in [1.29, 1.82) is 0 Å². The highest BCUT2D eigenvalue weighted by atomic mass is 16.5. The van der Waals surface area contributed by atoms with Gasteiger partial charge in [0.1, 0.15) is 0 Å². The summed E-state index contributed by atoms with van der Waals surface area (Å²) in [5.74, 6) is -1.74. The maximum Gasteiger partial charge on any atom is 0.338 e. The number of esters is 1. The van der Waals surface area contributed by atoms with E-state index in [1.54, 1.807) is 45.0 Å². The van der Waals surface area contributed by atoms with Crippen molar-refractivity contribution in [3.8, 4) is 0 Å². The number of rotatable bonds is 7. The van der Waals surface area contributed by atoms with E-state index in [9.17, 15) is 19.5 Å². The lowest BCUT2D eigenvalue weighted by Gasteiger charge is -2.29. The molecule has 0 fully saturated rings. The minimum atomic E-state index is -0.762. The molecule has 1 atom stereocenters. The largest absolute Gasteiger partial charge is 0.503 e. The van der Waals surface area contributed by atoms with Gasteiger partial charge in [-0.15, -0.1) is 0 Å². The fraction of sp³-hybridized carbons (Fsp3) is 0.370. The molecule has 1 heterocycles. The number of hydrogen-bond donors (Lipinski definition) is 1. The number of carbonyl (C=O) groups is 3. The zero-order valence-electron chi connectivity index (χ0n) is 19.8. The Morgan fingerprint density at radius 2 is 1.76 bits per heavy atom. The van der Waals surface area contributed by atoms with Crippen LogP contribution in [-0.4, -0.2) is 34.3 Å². The predicted molar refractivity (Wildman–Crippen MR) is 126 cm³/mol. The van der Waals surface area contributed by atoms with Crippen LogP contribution < -0.4 is 0 Å². The number of aryl methyl sites for hydroxylation is 1. The highest BCUT2D eigenvalue weighted by molar-refractivity contribution is 6.10. The molecule has 174 valence electrons. The monoisotopic (exact) mass is 449 g/mol. The normalized spacial score (nSPS) is 16.3. The summed E-state index contributed by atoms with van der Waals surface area (Å²) in [6, 6.07) is 13.7. The Morgan fingerprint density at radius 3 is 2.33 bits per heavy atom. The molecule has 1 unspecified atom stereocenters. The predicted octanol–water partition coefficient (Wildman–Crippen LogP) is 5.07. The van der Waals surface area contributed by atoms with Gasteiger partial charge in [-0.1, -0.05) is 69.7 Å². The van der Waals surface area contributed by atoms with Crippen LogP contribution in [0.4, 0.5) is 0 Å². The van der Waals surface area contributed by atoms with Crippen LogP contribution in [0.15, 0.2) is 59.9 Å². The highest BCUT2D eigenvalue weighted by Gasteiger charge is 2.45. The van der Waals surface area contributed by atoms with Crippen molar-refractivity contribution in [2.45, 2.75) is 53.6 Å². The summed E-state index contributed by atoms with van der Waals surface area (Å²) < 4.78 is 5.16. The molecule has 6 heteroatoms. The molecule has 1 N–H and O–H groups in total. The molecular weight excluding hydrogens is 418 g/mol. The zero-order chi connectivity index (χ0) is 24.3. The van der Waals surface area contributed by atoms with Gasteiger partial charge < -0.3 is 14.7 Å². The van der Waals surface area contributed by atoms with Crippen LogP contribution in [0.25, 0.3) is 0 Å². The number of hydrogen-bond acceptors (Lipinski definition) is 5. The van der Waals surface area contributed by atoms with Gasteiger partial charge in [0, 0.05) is 12.0 Å². The molecule has 2 aromatic rings. The van der Waals surface area contributed by atoms with Gasteiger partial charge in [-0.2, -0.15) is 0 Å². The van der Waals surface area contributed by atoms with E-state index in [0.717, 1.165) is 23.1 Å². The summed E-state index contributed by atoms with van der Waals surface area (Å²) in [5, 5.41) is 10.7. The number of Topliss-reactive ketones (excluding diaryl/α,β-unsaturated/α-hetero) is 1. The minimum absolute atomic E-state index is 0.123. The number of ketones is 1. The van der Waals surface area contributed by atoms with Crippen molar-refractivity contribution < 1.29 is 24.2 Å². The topological polar surface area (TPSA) is 83.9 Å². The minimum Gasteiger partial charge on any atom is -0.503 e. The first-order valence-electron chi connectivity index (χ1n) is 11.2. The molecule has 33 heavy (non-hydrogen) atoms. The Kier molecular flexibility index (Phi) is 7.06. The summed E-state index contributed by atoms with van der Waals surface area (Å²) in [5.41, 5.74) is 2.31. The zero-order valence-corrected chi connectivity index (χ0v) is 19.8. The summed E-state index contributed by atoms with van der Waals surface area (Å²) in [6.07, 6.45) is 0.743. The number of aliphatic hydroxyl groups excluding tert-OH is 1. The van der Waals surface area contributed by atoms with Crippen LogP contribution >= 0.6 is 0 Å². The van der Waals surface area contributed by atoms with E-state index in [1.807, 2.05) is 38.1 Å². The Hall–Kier alpha value is -3.41. The summed E-state index contributed by atoms with van der Waals surface area (Å²) in [7, 11) is 0. The third kappa shape index (κ3) is 5.16. The van der Waals surface area contributed by atoms with Crippen LogP contribution in [0.5, 0.6) is 0 Å². The molecule has 0 saturated carbocycles. The summed E-state index contributed by atoms with van der Waals surface area (Å²) >= 11 is 0. The van der Waals surface area contributed by atoms with Crippen LogP contribution in [0, 0.1) is 12.3 Å². The number of benzene rings is 2. The molecule has 0 bridgehead atoms. The van der Waals surface area contributed by atoms with E-state index in [2.05, 4.69) is 0 Å². The van der Waals surface area contributed by atoms with E-state index in [-0.39, 0.29) is 17.9 Å². The van der Waals surface area contributed by atoms with Crippen LogP contribution in [0.3, 0.4) is 0 Å². The highest BCUT2D eigenvalue weighted by Crippen LogP contribution is 2.41. The van der Waals surface area contributed by atoms with Gasteiger partial charge in [-0.05, 0) is 36.6 Å². The van der Waals surface area contributed by atoms with E-state index in [0.29, 0.717) is 12.2 Å². The average molecular weight is 450 g/mol. The maximum absolute atomic E-state index is 13.2. The fourth-order valence-electron chi connectivity index (χ4n) is 3.86. The number of ether oxygens (including phenoxy) is 1. The molecular formula is C27H31NO5. The van der Waals surface area contributed by atoms with Crippen molar-refractivity contribution >= 4 is 17.7 Å². The van der Waals surface area contributed by atoms with Gasteiger partial charge in [-0.25, -0.2) is 4.79 Å². The van der Waals surface area contributed by atoms with Crippen LogP contribution in [0.1, 0.15) is 67.2 Å². The lowest BCUT2D eigenvalue weighted by molar-refractivity contribution is -0.130. The van der Waals surface area contributed by atoms with Crippen molar-refractivity contribution in [2.24, 2.45) is 5.41 Å². The summed E-state index contributed by atoms with van der Waals surface area (Å²) in [6.45, 7) is 9.71. The molecule has 0 aromatic heterocycles. The Bertz CT molecular complexity index is 1090. The van der Waals surface area contributed by atoms with Crippen molar-refractivity contribution in [2.75, 3.05) is 6.61 Å². The third-order valence-corrected chi connectivity index (χ3v) is 5.57. The molecule has 3 rings (SSSR count). The number of nitrogens with zero attached hydrogens (tertiary/aromatic N) is 1. The van der Waals surface area contributed by atoms with E-state index in [4.69, 9.17) is 4.74 Å². The molecule has 1 aliphatic heterocycles. The lowest BCUT2D eigenvalue weighted by Crippen LogP contribution is -2.32. The molecule has 1 amide bonds. The standard InChI is InChI=1S/C27H31NO5/c1-6-14-33-26(32)19-12-10-18(11-13-19)16-28-22(20-9-7-8-17(2)15-20)21(23(29)25(28)31)24(30)27(3,4)5/h7-13,15,22,29H,6,14,16H2,1-5H3. The first-order valence-corrected chi connectivity index (χ1v) is 11.2. The van der Waals surface area contributed by atoms with Crippen molar-refractivity contribution in [3.63, 3.8) is 0 Å². The number of amides is 1. The van der Waals surface area contributed by atoms with Gasteiger partial charge in [0.25, 0.3) is 5.91 Å². The summed E-state index contributed by atoms with van der Waals surface area (Å²) in [4.78, 5) is 39.9. The Morgan fingerprint density at radius 1 is 1.09 bits per heavy atom. The molecule has 0 saturated heterocycles. The second-order valence-electron chi connectivity index (χ2n) is 9.42. The van der Waals surface area contributed by atoms with E-state index < -0.39 is 29.1 Å². The van der Waals surface area contributed by atoms with Gasteiger partial charge in [0.15, 0.2) is 11.5 Å². The van der Waals surface area contributed by atoms with Gasteiger partial charge in [0.2, 0.25) is 0 Å². The van der Waals surface area contributed by atoms with Gasteiger partial charge >= 0.3 is 5.97 Å². The fourth-order valence-corrected chi connectivity index (χ4v) is 3.86. The van der Waals surface area contributed by atoms with E-state index >= 15 is 0 Å². The second kappa shape index (κ2) is 9.61. The molecule has 6 nitrogen and oxygen atoms in total. The molecule has 2 aromatic carbocycles. The third-order valence-electron chi connectivity index (χ3n) is 5.57. The first-order chi connectivity index (χ1) is 15.5. The van der Waals surface area contributed by atoms with Gasteiger partial charge in [0.05, 0.1) is 23.8 Å². The van der Waals surface area contributed by atoms with Crippen LogP contribution in [0.2, 0.25) is 0 Å². The first kappa shape index (κ1) is 24.2. The SMILES string of the molecule is CCCOC(=O)c1ccc(CN2C(=O)C(O)=C(C(=O)C(C)(C)C)C2c2cccc(C)c2)cc1. The lowest BCUT2D eigenvalue weighted by atomic mass is 9.82. The quantitative estimate of drug-likeness (QED) is 0.597. The smallest absolute Gasteiger partial charge is 0.338 e. The molecule has 0 radical (unpaired) electrons. The van der Waals surface area contributed by atoms with Crippen molar-refractivity contribution in [1.82, 2.24) is 4.90 Å². The molecule has 0 aliphatic carbocycles. The van der Waals surface area contributed by atoms with Crippen LogP contribution in [-0.2, 0) is 20.9 Å². The van der Waals surface area contributed by atoms with E-state index in [1.165, 1.54) is 4.90 Å². The average Bonchev–Trinajstić information content (AvgIpc) is 3.01. The Balaban J connectivity index is 1.96. The van der Waals surface area contributed by atoms with Crippen molar-refractivity contribution in [3.05, 3.63) is 82.1 Å². The maximum atomic E-state index is 13.2. The molecule has 0 spiro atoms. The number of carbonyl (C=O) groups excluding carboxylic acids is 3. The Labute approximate surface area is 194 Å². The van der Waals surface area contributed by atoms with Gasteiger partial charge in [-0.3, -0.25) is 9.59 Å². The second-order valence-corrected chi connectivity index (χ2v) is 9.42.